The van der Waals surface area contributed by atoms with Crippen molar-refractivity contribution in [3.05, 3.63) is 36.7 Å². The van der Waals surface area contributed by atoms with Crippen LogP contribution in [-0.2, 0) is 19.1 Å². The molecule has 0 bridgehead atoms. The fourth-order valence-corrected chi connectivity index (χ4v) is 2.28. The zero-order valence-corrected chi connectivity index (χ0v) is 13.9. The van der Waals surface area contributed by atoms with Gasteiger partial charge in [-0.2, -0.15) is 0 Å². The molecular formula is C16H23N3O5. The molecule has 1 aliphatic heterocycles. The van der Waals surface area contributed by atoms with Crippen molar-refractivity contribution >= 4 is 17.8 Å². The second-order valence-electron chi connectivity index (χ2n) is 5.24. The number of nitrogens with one attached hydrogen (secondary N) is 2. The first-order valence-corrected chi connectivity index (χ1v) is 7.49. The molecule has 2 unspecified atom stereocenters. The van der Waals surface area contributed by atoms with Crippen molar-refractivity contribution in [3.8, 4) is 0 Å². The first kappa shape index (κ1) is 19.6. The monoisotopic (exact) mass is 337 g/mol. The van der Waals surface area contributed by atoms with Crippen LogP contribution < -0.4 is 10.6 Å². The maximum atomic E-state index is 12.4. The molecule has 1 heterocycles. The van der Waals surface area contributed by atoms with Gasteiger partial charge in [-0.3, -0.25) is 14.5 Å². The Morgan fingerprint density at radius 1 is 1.38 bits per heavy atom. The minimum atomic E-state index is -1.26. The summed E-state index contributed by atoms with van der Waals surface area (Å²) >= 11 is 0. The molecule has 132 valence electrons. The second kappa shape index (κ2) is 8.99. The van der Waals surface area contributed by atoms with Crippen molar-refractivity contribution in [2.75, 3.05) is 19.7 Å². The van der Waals surface area contributed by atoms with Gasteiger partial charge in [0, 0.05) is 13.1 Å². The quantitative estimate of drug-likeness (QED) is 0.564. The van der Waals surface area contributed by atoms with Crippen LogP contribution in [0.4, 0.5) is 0 Å². The number of hydrogen-bond acceptors (Lipinski definition) is 5. The van der Waals surface area contributed by atoms with Crippen LogP contribution in [0.2, 0.25) is 0 Å². The average molecular weight is 337 g/mol. The summed E-state index contributed by atoms with van der Waals surface area (Å²) in [5, 5.41) is 14.8. The van der Waals surface area contributed by atoms with Crippen LogP contribution in [0.15, 0.2) is 36.7 Å². The van der Waals surface area contributed by atoms with E-state index in [1.165, 1.54) is 11.8 Å². The Balaban J connectivity index is 3.30. The molecule has 3 N–H and O–H groups in total. The number of carbonyl (C=O) groups excluding carboxylic acids is 2. The topological polar surface area (TPSA) is 108 Å². The third-order valence-electron chi connectivity index (χ3n) is 3.66. The summed E-state index contributed by atoms with van der Waals surface area (Å²) in [6.07, 6.45) is 1.69. The lowest BCUT2D eigenvalue weighted by Gasteiger charge is -2.37. The zero-order valence-electron chi connectivity index (χ0n) is 13.9. The maximum absolute atomic E-state index is 12.4. The molecule has 1 saturated heterocycles. The van der Waals surface area contributed by atoms with E-state index in [1.807, 2.05) is 0 Å². The van der Waals surface area contributed by atoms with E-state index in [0.717, 1.165) is 12.2 Å². The molecule has 1 rings (SSSR count). The van der Waals surface area contributed by atoms with Crippen LogP contribution in [0.5, 0.6) is 0 Å². The van der Waals surface area contributed by atoms with Crippen molar-refractivity contribution < 1.29 is 24.2 Å². The van der Waals surface area contributed by atoms with Gasteiger partial charge in [-0.05, 0) is 26.0 Å². The number of morpholine rings is 1. The average Bonchev–Trinajstić information content (AvgIpc) is 2.60. The van der Waals surface area contributed by atoms with Crippen molar-refractivity contribution in [1.82, 2.24) is 15.5 Å². The lowest BCUT2D eigenvalue weighted by molar-refractivity contribution is -0.133. The summed E-state index contributed by atoms with van der Waals surface area (Å²) in [4.78, 5) is 36.6. The van der Waals surface area contributed by atoms with Crippen LogP contribution in [-0.4, -0.2) is 59.6 Å². The molecular weight excluding hydrogens is 314 g/mol. The van der Waals surface area contributed by atoms with E-state index >= 15 is 0 Å². The molecule has 8 nitrogen and oxygen atoms in total. The summed E-state index contributed by atoms with van der Waals surface area (Å²) in [5.41, 5.74) is -0.184. The number of hydrogen-bond donors (Lipinski definition) is 3. The van der Waals surface area contributed by atoms with E-state index < -0.39 is 23.8 Å². The Morgan fingerprint density at radius 3 is 2.50 bits per heavy atom. The molecule has 0 radical (unpaired) electrons. The van der Waals surface area contributed by atoms with Gasteiger partial charge in [-0.25, -0.2) is 4.79 Å². The number of rotatable bonds is 7. The van der Waals surface area contributed by atoms with Crippen LogP contribution >= 0.6 is 0 Å². The molecule has 24 heavy (non-hydrogen) atoms. The summed E-state index contributed by atoms with van der Waals surface area (Å²) < 4.78 is 5.64. The van der Waals surface area contributed by atoms with Crippen LogP contribution in [0.25, 0.3) is 0 Å². The Bertz CT molecular complexity index is 564. The number of carboxylic acid groups (broad SMARTS) is 1. The molecule has 1 fully saturated rings. The Hall–Kier alpha value is -2.45. The van der Waals surface area contributed by atoms with Crippen molar-refractivity contribution in [3.63, 3.8) is 0 Å². The van der Waals surface area contributed by atoms with E-state index in [-0.39, 0.29) is 17.5 Å². The highest BCUT2D eigenvalue weighted by molar-refractivity contribution is 5.95. The minimum Gasteiger partial charge on any atom is -0.478 e. The summed E-state index contributed by atoms with van der Waals surface area (Å²) in [6, 6.07) is -0.530. The third-order valence-corrected chi connectivity index (χ3v) is 3.66. The molecule has 0 aromatic carbocycles. The number of aliphatic carboxylic acids is 1. The predicted octanol–water partition coefficient (Wildman–Crippen LogP) is -0.00380. The van der Waals surface area contributed by atoms with Crippen molar-refractivity contribution in [2.45, 2.75) is 26.0 Å². The largest absolute Gasteiger partial charge is 0.478 e. The lowest BCUT2D eigenvalue weighted by atomic mass is 10.1. The number of amides is 2. The van der Waals surface area contributed by atoms with Gasteiger partial charge in [0.2, 0.25) is 5.91 Å². The zero-order chi connectivity index (χ0) is 18.3. The number of carboxylic acids is 1. The highest BCUT2D eigenvalue weighted by atomic mass is 16.5. The molecule has 2 atom stereocenters. The summed E-state index contributed by atoms with van der Waals surface area (Å²) in [5.74, 6) is -2.55. The minimum absolute atomic E-state index is 0.126. The fraction of sp³-hybridized carbons (Fsp3) is 0.438. The van der Waals surface area contributed by atoms with Gasteiger partial charge in [0.1, 0.15) is 5.82 Å². The van der Waals surface area contributed by atoms with Gasteiger partial charge < -0.3 is 20.5 Å². The van der Waals surface area contributed by atoms with Gasteiger partial charge >= 0.3 is 5.97 Å². The highest BCUT2D eigenvalue weighted by Crippen LogP contribution is 2.18. The molecule has 0 spiro atoms. The van der Waals surface area contributed by atoms with Crippen LogP contribution in [0.3, 0.4) is 0 Å². The van der Waals surface area contributed by atoms with E-state index in [0.29, 0.717) is 19.7 Å². The molecule has 0 aliphatic carbocycles. The molecule has 1 aliphatic rings. The van der Waals surface area contributed by atoms with Gasteiger partial charge in [-0.1, -0.05) is 13.2 Å². The van der Waals surface area contributed by atoms with Crippen molar-refractivity contribution in [1.29, 1.82) is 0 Å². The standard InChI is InChI=1S/C16H23N3O5/c1-5-13(20)18-15(10(3)16(22)23)19(14(21)6-2)11(4)12-9-17-7-8-24-12/h5-6,11-12,17H,1-2,7-9H2,3-4H3,(H,18,20)(H,22,23). The number of carbonyl (C=O) groups is 3. The normalized spacial score (nSPS) is 19.5. The van der Waals surface area contributed by atoms with Crippen LogP contribution in [0, 0.1) is 0 Å². The summed E-state index contributed by atoms with van der Waals surface area (Å²) in [6.45, 7) is 11.5. The number of ether oxygens (including phenoxy) is 1. The third kappa shape index (κ3) is 4.77. The Kier molecular flexibility index (Phi) is 7.34. The van der Waals surface area contributed by atoms with E-state index in [2.05, 4.69) is 23.8 Å². The lowest BCUT2D eigenvalue weighted by Crippen LogP contribution is -2.54. The molecule has 0 aromatic heterocycles. The predicted molar refractivity (Wildman–Crippen MR) is 87.8 cm³/mol. The van der Waals surface area contributed by atoms with Gasteiger partial charge in [0.25, 0.3) is 5.91 Å². The van der Waals surface area contributed by atoms with Crippen molar-refractivity contribution in [2.24, 2.45) is 0 Å². The Labute approximate surface area is 140 Å². The SMILES string of the molecule is C=CC(=O)NC(=C(C)C(=O)O)N(C(=O)C=C)C(C)C1CNCCO1. The maximum Gasteiger partial charge on any atom is 0.334 e. The Morgan fingerprint density at radius 2 is 2.04 bits per heavy atom. The van der Waals surface area contributed by atoms with Gasteiger partial charge in [-0.15, -0.1) is 0 Å². The molecule has 0 aromatic rings. The second-order valence-corrected chi connectivity index (χ2v) is 5.24. The fourth-order valence-electron chi connectivity index (χ4n) is 2.28. The van der Waals surface area contributed by atoms with Crippen LogP contribution in [0.1, 0.15) is 13.8 Å². The smallest absolute Gasteiger partial charge is 0.334 e. The van der Waals surface area contributed by atoms with Gasteiger partial charge in [0.15, 0.2) is 0 Å². The molecule has 0 saturated carbocycles. The highest BCUT2D eigenvalue weighted by Gasteiger charge is 2.33. The first-order valence-electron chi connectivity index (χ1n) is 7.49. The van der Waals surface area contributed by atoms with E-state index in [4.69, 9.17) is 4.74 Å². The van der Waals surface area contributed by atoms with Gasteiger partial charge in [0.05, 0.1) is 24.3 Å². The van der Waals surface area contributed by atoms with E-state index in [9.17, 15) is 19.5 Å². The summed E-state index contributed by atoms with van der Waals surface area (Å²) in [7, 11) is 0. The molecule has 8 heteroatoms. The first-order chi connectivity index (χ1) is 11.3. The van der Waals surface area contributed by atoms with E-state index in [1.54, 1.807) is 6.92 Å². The number of nitrogens with zero attached hydrogens (tertiary/aromatic N) is 1. The molecule has 2 amide bonds.